The van der Waals surface area contributed by atoms with Gasteiger partial charge < -0.3 is 4.57 Å². The van der Waals surface area contributed by atoms with E-state index in [0.29, 0.717) is 0 Å². The topological polar surface area (TPSA) is 34.9 Å². The number of hydrogen-bond acceptors (Lipinski definition) is 2. The second kappa shape index (κ2) is 3.67. The van der Waals surface area contributed by atoms with Crippen molar-refractivity contribution >= 4 is 21.8 Å². The lowest BCUT2D eigenvalue weighted by Gasteiger charge is -2.10. The van der Waals surface area contributed by atoms with Crippen molar-refractivity contribution in [3.05, 3.63) is 51.9 Å². The van der Waals surface area contributed by atoms with Crippen molar-refractivity contribution in [1.82, 2.24) is 9.55 Å². The normalized spacial score (nSPS) is 11.3. The van der Waals surface area contributed by atoms with Crippen LogP contribution in [0.4, 0.5) is 0 Å². The summed E-state index contributed by atoms with van der Waals surface area (Å²) < 4.78 is 1.70. The molecule has 0 aliphatic carbocycles. The Balaban J connectivity index is 2.74. The molecule has 2 aromatic heterocycles. The number of benzene rings is 1. The standard InChI is InChI=1S/C15H14N2O/c1-9-8-10(2)16-14-11-6-4-5-7-12(11)17(3)15(18)13(9)14/h4-8H,1-3H3. The Labute approximate surface area is 105 Å². The molecular weight excluding hydrogens is 224 g/mol. The number of pyridine rings is 2. The molecular formula is C15H14N2O. The summed E-state index contributed by atoms with van der Waals surface area (Å²) in [6.07, 6.45) is 0. The summed E-state index contributed by atoms with van der Waals surface area (Å²) in [5.41, 5.74) is 3.69. The molecule has 0 amide bonds. The van der Waals surface area contributed by atoms with Crippen LogP contribution in [0, 0.1) is 13.8 Å². The average Bonchev–Trinajstić information content (AvgIpc) is 2.35. The highest BCUT2D eigenvalue weighted by Gasteiger charge is 2.11. The van der Waals surface area contributed by atoms with Crippen LogP contribution in [-0.2, 0) is 7.05 Å². The monoisotopic (exact) mass is 238 g/mol. The summed E-state index contributed by atoms with van der Waals surface area (Å²) in [4.78, 5) is 17.0. The molecule has 0 saturated carbocycles. The van der Waals surface area contributed by atoms with Crippen LogP contribution in [0.15, 0.2) is 35.1 Å². The van der Waals surface area contributed by atoms with E-state index in [9.17, 15) is 4.79 Å². The van der Waals surface area contributed by atoms with Crippen molar-refractivity contribution in [3.63, 3.8) is 0 Å². The summed E-state index contributed by atoms with van der Waals surface area (Å²) in [5, 5.41) is 1.75. The van der Waals surface area contributed by atoms with Crippen molar-refractivity contribution in [2.75, 3.05) is 0 Å². The third kappa shape index (κ3) is 1.37. The van der Waals surface area contributed by atoms with Gasteiger partial charge in [-0.15, -0.1) is 0 Å². The number of fused-ring (bicyclic) bond motifs is 3. The Morgan fingerprint density at radius 2 is 1.89 bits per heavy atom. The molecule has 0 unspecified atom stereocenters. The zero-order valence-corrected chi connectivity index (χ0v) is 10.7. The smallest absolute Gasteiger partial charge is 0.260 e. The molecule has 2 heterocycles. The maximum absolute atomic E-state index is 12.4. The Morgan fingerprint density at radius 1 is 1.17 bits per heavy atom. The van der Waals surface area contributed by atoms with Gasteiger partial charge in [-0.2, -0.15) is 0 Å². The number of aryl methyl sites for hydroxylation is 3. The van der Waals surface area contributed by atoms with Gasteiger partial charge >= 0.3 is 0 Å². The summed E-state index contributed by atoms with van der Waals surface area (Å²) in [5.74, 6) is 0. The molecule has 0 atom stereocenters. The summed E-state index contributed by atoms with van der Waals surface area (Å²) in [6.45, 7) is 3.92. The van der Waals surface area contributed by atoms with Gasteiger partial charge in [-0.1, -0.05) is 18.2 Å². The fraction of sp³-hybridized carbons (Fsp3) is 0.200. The number of para-hydroxylation sites is 1. The third-order valence-electron chi connectivity index (χ3n) is 3.38. The molecule has 0 aliphatic heterocycles. The van der Waals surface area contributed by atoms with Crippen LogP contribution in [0.3, 0.4) is 0 Å². The minimum Gasteiger partial charge on any atom is -0.311 e. The highest BCUT2D eigenvalue weighted by atomic mass is 16.1. The highest BCUT2D eigenvalue weighted by molar-refractivity contribution is 6.04. The molecule has 3 aromatic rings. The van der Waals surface area contributed by atoms with Crippen LogP contribution in [0.5, 0.6) is 0 Å². The second-order valence-corrected chi connectivity index (χ2v) is 4.69. The van der Waals surface area contributed by atoms with Crippen LogP contribution in [0.25, 0.3) is 21.8 Å². The molecule has 0 radical (unpaired) electrons. The average molecular weight is 238 g/mol. The Hall–Kier alpha value is -2.16. The quantitative estimate of drug-likeness (QED) is 0.564. The second-order valence-electron chi connectivity index (χ2n) is 4.69. The van der Waals surface area contributed by atoms with E-state index in [1.165, 1.54) is 0 Å². The van der Waals surface area contributed by atoms with Gasteiger partial charge in [0.1, 0.15) is 0 Å². The van der Waals surface area contributed by atoms with E-state index >= 15 is 0 Å². The molecule has 90 valence electrons. The SMILES string of the molecule is Cc1cc(C)c2c(=O)n(C)c3ccccc3c2n1. The van der Waals surface area contributed by atoms with Gasteiger partial charge in [0.2, 0.25) is 0 Å². The third-order valence-corrected chi connectivity index (χ3v) is 3.38. The maximum Gasteiger partial charge on any atom is 0.260 e. The molecule has 0 fully saturated rings. The van der Waals surface area contributed by atoms with Crippen molar-refractivity contribution in [2.45, 2.75) is 13.8 Å². The lowest BCUT2D eigenvalue weighted by atomic mass is 10.1. The van der Waals surface area contributed by atoms with Crippen molar-refractivity contribution < 1.29 is 0 Å². The van der Waals surface area contributed by atoms with Gasteiger partial charge in [0.25, 0.3) is 5.56 Å². The zero-order chi connectivity index (χ0) is 12.9. The Bertz CT molecular complexity index is 831. The minimum absolute atomic E-state index is 0.0219. The van der Waals surface area contributed by atoms with E-state index in [2.05, 4.69) is 4.98 Å². The molecule has 3 heteroatoms. The first-order chi connectivity index (χ1) is 8.59. The lowest BCUT2D eigenvalue weighted by molar-refractivity contribution is 0.915. The van der Waals surface area contributed by atoms with E-state index in [-0.39, 0.29) is 5.56 Å². The molecule has 0 aliphatic rings. The van der Waals surface area contributed by atoms with Crippen LogP contribution in [-0.4, -0.2) is 9.55 Å². The van der Waals surface area contributed by atoms with Gasteiger partial charge in [0, 0.05) is 18.1 Å². The number of aromatic nitrogens is 2. The fourth-order valence-corrected chi connectivity index (χ4v) is 2.55. The number of rotatable bonds is 0. The van der Waals surface area contributed by atoms with E-state index in [4.69, 9.17) is 0 Å². The first kappa shape index (κ1) is 11.0. The predicted octanol–water partition coefficient (Wildman–Crippen LogP) is 2.70. The van der Waals surface area contributed by atoms with Gasteiger partial charge in [0.05, 0.1) is 16.4 Å². The molecule has 3 rings (SSSR count). The van der Waals surface area contributed by atoms with Gasteiger partial charge in [-0.05, 0) is 31.5 Å². The lowest BCUT2D eigenvalue weighted by Crippen LogP contribution is -2.18. The summed E-state index contributed by atoms with van der Waals surface area (Å²) in [7, 11) is 1.81. The van der Waals surface area contributed by atoms with Crippen LogP contribution >= 0.6 is 0 Å². The molecule has 0 spiro atoms. The van der Waals surface area contributed by atoms with Gasteiger partial charge in [0.15, 0.2) is 0 Å². The molecule has 18 heavy (non-hydrogen) atoms. The van der Waals surface area contributed by atoms with Gasteiger partial charge in [-0.25, -0.2) is 0 Å². The largest absolute Gasteiger partial charge is 0.311 e. The number of nitrogens with zero attached hydrogens (tertiary/aromatic N) is 2. The van der Waals surface area contributed by atoms with E-state index < -0.39 is 0 Å². The number of hydrogen-bond donors (Lipinski definition) is 0. The molecule has 3 nitrogen and oxygen atoms in total. The molecule has 0 bridgehead atoms. The van der Waals surface area contributed by atoms with Crippen molar-refractivity contribution in [2.24, 2.45) is 7.05 Å². The Morgan fingerprint density at radius 3 is 2.67 bits per heavy atom. The molecule has 0 N–H and O–H groups in total. The highest BCUT2D eigenvalue weighted by Crippen LogP contribution is 2.23. The van der Waals surface area contributed by atoms with E-state index in [1.54, 1.807) is 4.57 Å². The first-order valence-corrected chi connectivity index (χ1v) is 5.95. The first-order valence-electron chi connectivity index (χ1n) is 5.95. The fourth-order valence-electron chi connectivity index (χ4n) is 2.55. The van der Waals surface area contributed by atoms with E-state index in [1.807, 2.05) is 51.2 Å². The molecule has 1 aromatic carbocycles. The van der Waals surface area contributed by atoms with Gasteiger partial charge in [-0.3, -0.25) is 9.78 Å². The van der Waals surface area contributed by atoms with Crippen LogP contribution in [0.1, 0.15) is 11.3 Å². The zero-order valence-electron chi connectivity index (χ0n) is 10.7. The summed E-state index contributed by atoms with van der Waals surface area (Å²) >= 11 is 0. The summed E-state index contributed by atoms with van der Waals surface area (Å²) in [6, 6.07) is 9.85. The van der Waals surface area contributed by atoms with Crippen LogP contribution in [0.2, 0.25) is 0 Å². The van der Waals surface area contributed by atoms with Crippen LogP contribution < -0.4 is 5.56 Å². The molecule has 0 saturated heterocycles. The predicted molar refractivity (Wildman–Crippen MR) is 74.0 cm³/mol. The maximum atomic E-state index is 12.4. The van der Waals surface area contributed by atoms with Crippen molar-refractivity contribution in [3.8, 4) is 0 Å². The Kier molecular flexibility index (Phi) is 2.23. The minimum atomic E-state index is 0.0219. The van der Waals surface area contributed by atoms with E-state index in [0.717, 1.165) is 33.1 Å². The van der Waals surface area contributed by atoms with Crippen molar-refractivity contribution in [1.29, 1.82) is 0 Å².